The minimum absolute atomic E-state index is 0.134. The number of hydrogen-bond acceptors (Lipinski definition) is 3. The Balaban J connectivity index is 1.31. The van der Waals surface area contributed by atoms with E-state index < -0.39 is 0 Å². The van der Waals surface area contributed by atoms with Crippen molar-refractivity contribution in [1.82, 2.24) is 15.5 Å². The van der Waals surface area contributed by atoms with E-state index in [0.717, 1.165) is 36.5 Å². The van der Waals surface area contributed by atoms with Crippen LogP contribution in [-0.4, -0.2) is 43.8 Å². The molecule has 27 heavy (non-hydrogen) atoms. The molecule has 2 amide bonds. The van der Waals surface area contributed by atoms with Gasteiger partial charge in [0.1, 0.15) is 0 Å². The summed E-state index contributed by atoms with van der Waals surface area (Å²) in [5, 5.41) is 5.75. The van der Waals surface area contributed by atoms with E-state index >= 15 is 0 Å². The molecule has 150 valence electrons. The van der Waals surface area contributed by atoms with Crippen molar-refractivity contribution in [2.24, 2.45) is 17.8 Å². The molecule has 1 heterocycles. The molecule has 3 rings (SSSR count). The third-order valence-corrected chi connectivity index (χ3v) is 5.41. The number of urea groups is 1. The monoisotopic (exact) mass is 373 g/mol. The number of benzene rings is 1. The van der Waals surface area contributed by atoms with Crippen LogP contribution in [0, 0.1) is 17.8 Å². The number of amides is 2. The second kappa shape index (κ2) is 10.1. The zero-order chi connectivity index (χ0) is 19.1. The van der Waals surface area contributed by atoms with Gasteiger partial charge >= 0.3 is 6.03 Å². The van der Waals surface area contributed by atoms with Crippen molar-refractivity contribution < 1.29 is 9.53 Å². The van der Waals surface area contributed by atoms with Crippen molar-refractivity contribution in [2.45, 2.75) is 46.2 Å². The highest BCUT2D eigenvalue weighted by Gasteiger charge is 2.22. The van der Waals surface area contributed by atoms with E-state index in [1.165, 1.54) is 37.9 Å². The summed E-state index contributed by atoms with van der Waals surface area (Å²) >= 11 is 0. The van der Waals surface area contributed by atoms with Gasteiger partial charge in [0, 0.05) is 39.3 Å². The van der Waals surface area contributed by atoms with E-state index in [0.29, 0.717) is 19.7 Å². The van der Waals surface area contributed by atoms with Crippen molar-refractivity contribution >= 4 is 6.03 Å². The number of rotatable bonds is 9. The van der Waals surface area contributed by atoms with Crippen molar-refractivity contribution in [3.8, 4) is 0 Å². The summed E-state index contributed by atoms with van der Waals surface area (Å²) in [5.41, 5.74) is 2.47. The average molecular weight is 374 g/mol. The van der Waals surface area contributed by atoms with Crippen molar-refractivity contribution in [2.75, 3.05) is 32.8 Å². The van der Waals surface area contributed by atoms with Gasteiger partial charge in [-0.2, -0.15) is 0 Å². The van der Waals surface area contributed by atoms with E-state index in [2.05, 4.69) is 53.6 Å². The lowest BCUT2D eigenvalue weighted by Crippen LogP contribution is -2.38. The number of piperidine rings is 1. The lowest BCUT2D eigenvalue weighted by atomic mass is 9.91. The van der Waals surface area contributed by atoms with Crippen LogP contribution in [0.5, 0.6) is 0 Å². The van der Waals surface area contributed by atoms with Gasteiger partial charge in [-0.3, -0.25) is 4.90 Å². The Morgan fingerprint density at radius 1 is 1.07 bits per heavy atom. The Hall–Kier alpha value is -1.59. The molecule has 2 N–H and O–H groups in total. The van der Waals surface area contributed by atoms with Crippen LogP contribution in [0.4, 0.5) is 4.79 Å². The van der Waals surface area contributed by atoms with Crippen LogP contribution in [0.3, 0.4) is 0 Å². The number of nitrogens with zero attached hydrogens (tertiary/aromatic N) is 1. The molecule has 0 radical (unpaired) electrons. The summed E-state index contributed by atoms with van der Waals surface area (Å²) in [6.07, 6.45) is 3.93. The molecule has 1 aromatic rings. The predicted octanol–water partition coefficient (Wildman–Crippen LogP) is 3.39. The molecule has 1 aliphatic carbocycles. The standard InChI is InChI=1S/C22H35N3O2/c1-17-11-18(2)14-25(13-17)15-20-5-3-19(4-6-20)12-24-22(26)23-9-10-27-16-21-7-8-21/h3-6,17-18,21H,7-16H2,1-2H3,(H2,23,24,26). The van der Waals surface area contributed by atoms with Crippen LogP contribution in [0.1, 0.15) is 44.2 Å². The molecule has 2 aliphatic rings. The van der Waals surface area contributed by atoms with Crippen LogP contribution in [0.15, 0.2) is 24.3 Å². The minimum Gasteiger partial charge on any atom is -0.379 e. The molecular formula is C22H35N3O2. The van der Waals surface area contributed by atoms with Gasteiger partial charge in [-0.15, -0.1) is 0 Å². The first-order valence-corrected chi connectivity index (χ1v) is 10.5. The maximum Gasteiger partial charge on any atom is 0.315 e. The molecule has 5 nitrogen and oxygen atoms in total. The average Bonchev–Trinajstić information content (AvgIpc) is 3.44. The number of nitrogens with one attached hydrogen (secondary N) is 2. The molecule has 2 unspecified atom stereocenters. The van der Waals surface area contributed by atoms with Crippen LogP contribution in [0.25, 0.3) is 0 Å². The predicted molar refractivity (Wildman–Crippen MR) is 108 cm³/mol. The largest absolute Gasteiger partial charge is 0.379 e. The van der Waals surface area contributed by atoms with Gasteiger partial charge in [-0.1, -0.05) is 38.1 Å². The summed E-state index contributed by atoms with van der Waals surface area (Å²) in [6, 6.07) is 8.47. The van der Waals surface area contributed by atoms with Gasteiger partial charge in [0.25, 0.3) is 0 Å². The van der Waals surface area contributed by atoms with Gasteiger partial charge in [-0.05, 0) is 48.1 Å². The fraction of sp³-hybridized carbons (Fsp3) is 0.682. The Labute approximate surface area is 163 Å². The fourth-order valence-electron chi connectivity index (χ4n) is 3.96. The summed E-state index contributed by atoms with van der Waals surface area (Å²) in [6.45, 7) is 10.6. The van der Waals surface area contributed by atoms with Crippen LogP contribution < -0.4 is 10.6 Å². The van der Waals surface area contributed by atoms with E-state index in [-0.39, 0.29) is 6.03 Å². The molecule has 2 fully saturated rings. The number of ether oxygens (including phenoxy) is 1. The first-order chi connectivity index (χ1) is 13.1. The zero-order valence-electron chi connectivity index (χ0n) is 16.9. The molecule has 1 aromatic carbocycles. The second-order valence-corrected chi connectivity index (χ2v) is 8.58. The topological polar surface area (TPSA) is 53.6 Å². The number of likely N-dealkylation sites (tertiary alicyclic amines) is 1. The third-order valence-electron chi connectivity index (χ3n) is 5.41. The fourth-order valence-corrected chi connectivity index (χ4v) is 3.96. The van der Waals surface area contributed by atoms with Crippen molar-refractivity contribution in [3.05, 3.63) is 35.4 Å². The van der Waals surface area contributed by atoms with Crippen LogP contribution in [-0.2, 0) is 17.8 Å². The SMILES string of the molecule is CC1CC(C)CN(Cc2ccc(CNC(=O)NCCOCC3CC3)cc2)C1. The third kappa shape index (κ3) is 7.51. The molecule has 1 aliphatic heterocycles. The zero-order valence-corrected chi connectivity index (χ0v) is 16.9. The lowest BCUT2D eigenvalue weighted by molar-refractivity contribution is 0.127. The Morgan fingerprint density at radius 3 is 2.41 bits per heavy atom. The first-order valence-electron chi connectivity index (χ1n) is 10.5. The number of carbonyl (C=O) groups is 1. The second-order valence-electron chi connectivity index (χ2n) is 8.58. The van der Waals surface area contributed by atoms with Gasteiger partial charge in [0.05, 0.1) is 6.61 Å². The molecule has 1 saturated carbocycles. The van der Waals surface area contributed by atoms with Crippen molar-refractivity contribution in [1.29, 1.82) is 0 Å². The number of hydrogen-bond donors (Lipinski definition) is 2. The van der Waals surface area contributed by atoms with E-state index in [9.17, 15) is 4.79 Å². The van der Waals surface area contributed by atoms with Crippen LogP contribution in [0.2, 0.25) is 0 Å². The highest BCUT2D eigenvalue weighted by atomic mass is 16.5. The molecular weight excluding hydrogens is 338 g/mol. The smallest absolute Gasteiger partial charge is 0.315 e. The molecule has 1 saturated heterocycles. The quantitative estimate of drug-likeness (QED) is 0.653. The van der Waals surface area contributed by atoms with Crippen molar-refractivity contribution in [3.63, 3.8) is 0 Å². The van der Waals surface area contributed by atoms with E-state index in [4.69, 9.17) is 4.74 Å². The highest BCUT2D eigenvalue weighted by Crippen LogP contribution is 2.28. The Bertz CT molecular complexity index is 576. The first kappa shape index (κ1) is 20.2. The molecule has 2 atom stereocenters. The van der Waals surface area contributed by atoms with E-state index in [1.807, 2.05) is 0 Å². The highest BCUT2D eigenvalue weighted by molar-refractivity contribution is 5.73. The maximum atomic E-state index is 11.8. The minimum atomic E-state index is -0.134. The van der Waals surface area contributed by atoms with Gasteiger partial charge in [0.15, 0.2) is 0 Å². The molecule has 0 spiro atoms. The summed E-state index contributed by atoms with van der Waals surface area (Å²) in [5.74, 6) is 2.34. The summed E-state index contributed by atoms with van der Waals surface area (Å²) < 4.78 is 5.51. The normalized spacial score (nSPS) is 23.2. The Kier molecular flexibility index (Phi) is 7.53. The van der Waals surface area contributed by atoms with Gasteiger partial charge in [-0.25, -0.2) is 4.79 Å². The van der Waals surface area contributed by atoms with E-state index in [1.54, 1.807) is 0 Å². The Morgan fingerprint density at radius 2 is 1.74 bits per heavy atom. The van der Waals surface area contributed by atoms with Crippen LogP contribution >= 0.6 is 0 Å². The molecule has 0 aromatic heterocycles. The van der Waals surface area contributed by atoms with Gasteiger partial charge in [0.2, 0.25) is 0 Å². The maximum absolute atomic E-state index is 11.8. The molecule has 5 heteroatoms. The summed E-state index contributed by atoms with van der Waals surface area (Å²) in [4.78, 5) is 14.4. The summed E-state index contributed by atoms with van der Waals surface area (Å²) in [7, 11) is 0. The molecule has 0 bridgehead atoms. The number of carbonyl (C=O) groups excluding carboxylic acids is 1. The van der Waals surface area contributed by atoms with Gasteiger partial charge < -0.3 is 15.4 Å². The lowest BCUT2D eigenvalue weighted by Gasteiger charge is -2.35.